The zero-order chi connectivity index (χ0) is 15.4. The topological polar surface area (TPSA) is 77.2 Å². The molecule has 0 saturated carbocycles. The summed E-state index contributed by atoms with van der Waals surface area (Å²) in [5.74, 6) is 0.907. The van der Waals surface area contributed by atoms with E-state index >= 15 is 0 Å². The molecular formula is C16H19N3O2. The Kier molecular flexibility index (Phi) is 4.42. The Bertz CT molecular complexity index is 669. The van der Waals surface area contributed by atoms with Gasteiger partial charge in [0, 0.05) is 16.9 Å². The summed E-state index contributed by atoms with van der Waals surface area (Å²) >= 11 is 0. The number of aryl methyl sites for hydroxylation is 2. The number of nitrogens with one attached hydrogen (secondary N) is 1. The maximum atomic E-state index is 12.3. The Morgan fingerprint density at radius 1 is 1.33 bits per heavy atom. The zero-order valence-corrected chi connectivity index (χ0v) is 12.4. The SMILES string of the molecule is CCc1cc(C(=O)Nc2ccc(OC)cc2C)cc(N)n1. The molecule has 1 aromatic carbocycles. The van der Waals surface area contributed by atoms with Crippen LogP contribution in [0.4, 0.5) is 11.5 Å². The number of hydrogen-bond acceptors (Lipinski definition) is 4. The predicted molar refractivity (Wildman–Crippen MR) is 83.7 cm³/mol. The standard InChI is InChI=1S/C16H19N3O2/c1-4-12-8-11(9-15(17)18-12)16(20)19-14-6-5-13(21-3)7-10(14)2/h5-9H,4H2,1-3H3,(H2,17,18)(H,19,20). The number of rotatable bonds is 4. The van der Waals surface area contributed by atoms with Gasteiger partial charge in [-0.2, -0.15) is 0 Å². The molecule has 1 amide bonds. The van der Waals surface area contributed by atoms with Crippen LogP contribution < -0.4 is 15.8 Å². The highest BCUT2D eigenvalue weighted by molar-refractivity contribution is 6.05. The fourth-order valence-electron chi connectivity index (χ4n) is 2.02. The molecule has 1 heterocycles. The van der Waals surface area contributed by atoms with Gasteiger partial charge in [0.05, 0.1) is 7.11 Å². The summed E-state index contributed by atoms with van der Waals surface area (Å²) in [4.78, 5) is 16.5. The molecule has 0 atom stereocenters. The van der Waals surface area contributed by atoms with E-state index < -0.39 is 0 Å². The maximum absolute atomic E-state index is 12.3. The van der Waals surface area contributed by atoms with Crippen LogP contribution in [0.15, 0.2) is 30.3 Å². The van der Waals surface area contributed by atoms with Crippen molar-refractivity contribution in [2.24, 2.45) is 0 Å². The number of amides is 1. The molecular weight excluding hydrogens is 266 g/mol. The van der Waals surface area contributed by atoms with Crippen molar-refractivity contribution in [2.45, 2.75) is 20.3 Å². The minimum Gasteiger partial charge on any atom is -0.497 e. The van der Waals surface area contributed by atoms with Crippen molar-refractivity contribution in [3.63, 3.8) is 0 Å². The molecule has 2 rings (SSSR count). The van der Waals surface area contributed by atoms with E-state index in [0.29, 0.717) is 11.4 Å². The molecule has 0 aliphatic carbocycles. The minimum absolute atomic E-state index is 0.202. The van der Waals surface area contributed by atoms with Crippen molar-refractivity contribution in [2.75, 3.05) is 18.2 Å². The van der Waals surface area contributed by atoms with Gasteiger partial charge in [0.15, 0.2) is 0 Å². The van der Waals surface area contributed by atoms with Gasteiger partial charge in [-0.05, 0) is 49.2 Å². The van der Waals surface area contributed by atoms with E-state index in [9.17, 15) is 4.79 Å². The number of benzene rings is 1. The van der Waals surface area contributed by atoms with Crippen LogP contribution in [0.1, 0.15) is 28.5 Å². The largest absolute Gasteiger partial charge is 0.497 e. The van der Waals surface area contributed by atoms with Crippen LogP contribution in [0.2, 0.25) is 0 Å². The number of nitrogen functional groups attached to an aromatic ring is 1. The molecule has 3 N–H and O–H groups in total. The monoisotopic (exact) mass is 285 g/mol. The molecule has 0 fully saturated rings. The van der Waals surface area contributed by atoms with Crippen LogP contribution in [0, 0.1) is 6.92 Å². The van der Waals surface area contributed by atoms with Crippen molar-refractivity contribution >= 4 is 17.4 Å². The van der Waals surface area contributed by atoms with E-state index in [1.54, 1.807) is 25.3 Å². The van der Waals surface area contributed by atoms with E-state index in [1.165, 1.54) is 0 Å². The average Bonchev–Trinajstić information content (AvgIpc) is 2.48. The number of pyridine rings is 1. The number of methoxy groups -OCH3 is 1. The highest BCUT2D eigenvalue weighted by Gasteiger charge is 2.10. The highest BCUT2D eigenvalue weighted by atomic mass is 16.5. The average molecular weight is 285 g/mol. The zero-order valence-electron chi connectivity index (χ0n) is 12.4. The Labute approximate surface area is 124 Å². The molecule has 110 valence electrons. The van der Waals surface area contributed by atoms with Crippen LogP contribution in [-0.2, 0) is 6.42 Å². The van der Waals surface area contributed by atoms with Crippen molar-refractivity contribution in [1.82, 2.24) is 4.98 Å². The molecule has 0 saturated heterocycles. The number of hydrogen-bond donors (Lipinski definition) is 2. The van der Waals surface area contributed by atoms with E-state index in [0.717, 1.165) is 29.1 Å². The third kappa shape index (κ3) is 3.51. The lowest BCUT2D eigenvalue weighted by Crippen LogP contribution is -2.14. The summed E-state index contributed by atoms with van der Waals surface area (Å²) < 4.78 is 5.15. The van der Waals surface area contributed by atoms with Gasteiger partial charge in [0.2, 0.25) is 0 Å². The second-order valence-corrected chi connectivity index (χ2v) is 4.76. The van der Waals surface area contributed by atoms with Crippen molar-refractivity contribution in [1.29, 1.82) is 0 Å². The number of nitrogens with two attached hydrogens (primary N) is 1. The highest BCUT2D eigenvalue weighted by Crippen LogP contribution is 2.22. The van der Waals surface area contributed by atoms with Crippen LogP contribution in [0.5, 0.6) is 5.75 Å². The van der Waals surface area contributed by atoms with Gasteiger partial charge in [-0.1, -0.05) is 6.92 Å². The molecule has 0 unspecified atom stereocenters. The fraction of sp³-hybridized carbons (Fsp3) is 0.250. The van der Waals surface area contributed by atoms with Crippen LogP contribution in [-0.4, -0.2) is 18.0 Å². The molecule has 21 heavy (non-hydrogen) atoms. The summed E-state index contributed by atoms with van der Waals surface area (Å²) in [6, 6.07) is 8.82. The number of ether oxygens (including phenoxy) is 1. The van der Waals surface area contributed by atoms with E-state index in [2.05, 4.69) is 10.3 Å². The number of carbonyl (C=O) groups excluding carboxylic acids is 1. The van der Waals surface area contributed by atoms with Gasteiger partial charge in [-0.15, -0.1) is 0 Å². The smallest absolute Gasteiger partial charge is 0.255 e. The lowest BCUT2D eigenvalue weighted by Gasteiger charge is -2.11. The number of aromatic nitrogens is 1. The first-order valence-electron chi connectivity index (χ1n) is 6.76. The number of anilines is 2. The Balaban J connectivity index is 2.23. The van der Waals surface area contributed by atoms with Crippen molar-refractivity contribution in [3.05, 3.63) is 47.2 Å². The summed E-state index contributed by atoms with van der Waals surface area (Å²) in [7, 11) is 1.61. The van der Waals surface area contributed by atoms with E-state index in [4.69, 9.17) is 10.5 Å². The Morgan fingerprint density at radius 2 is 2.10 bits per heavy atom. The lowest BCUT2D eigenvalue weighted by molar-refractivity contribution is 0.102. The first-order valence-corrected chi connectivity index (χ1v) is 6.76. The summed E-state index contributed by atoms with van der Waals surface area (Å²) in [5.41, 5.74) is 8.71. The lowest BCUT2D eigenvalue weighted by atomic mass is 10.1. The third-order valence-corrected chi connectivity index (χ3v) is 3.20. The Morgan fingerprint density at radius 3 is 2.71 bits per heavy atom. The first-order chi connectivity index (χ1) is 10.0. The van der Waals surface area contributed by atoms with E-state index in [-0.39, 0.29) is 5.91 Å². The van der Waals surface area contributed by atoms with Crippen LogP contribution in [0.3, 0.4) is 0 Å². The second-order valence-electron chi connectivity index (χ2n) is 4.76. The fourth-order valence-corrected chi connectivity index (χ4v) is 2.02. The van der Waals surface area contributed by atoms with Gasteiger partial charge in [0.25, 0.3) is 5.91 Å². The molecule has 0 aliphatic rings. The molecule has 0 radical (unpaired) electrons. The minimum atomic E-state index is -0.202. The maximum Gasteiger partial charge on any atom is 0.255 e. The molecule has 0 bridgehead atoms. The third-order valence-electron chi connectivity index (χ3n) is 3.20. The molecule has 5 nitrogen and oxygen atoms in total. The van der Waals surface area contributed by atoms with Gasteiger partial charge in [-0.3, -0.25) is 4.79 Å². The quantitative estimate of drug-likeness (QED) is 0.905. The van der Waals surface area contributed by atoms with Gasteiger partial charge < -0.3 is 15.8 Å². The summed E-state index contributed by atoms with van der Waals surface area (Å²) in [6.45, 7) is 3.88. The second kappa shape index (κ2) is 6.26. The molecule has 0 aliphatic heterocycles. The van der Waals surface area contributed by atoms with Crippen LogP contribution >= 0.6 is 0 Å². The summed E-state index contributed by atoms with van der Waals surface area (Å²) in [5, 5.41) is 2.88. The molecule has 0 spiro atoms. The molecule has 5 heteroatoms. The van der Waals surface area contributed by atoms with Gasteiger partial charge in [-0.25, -0.2) is 4.98 Å². The van der Waals surface area contributed by atoms with Gasteiger partial charge >= 0.3 is 0 Å². The first kappa shape index (κ1) is 14.8. The van der Waals surface area contributed by atoms with Crippen molar-refractivity contribution < 1.29 is 9.53 Å². The molecule has 2 aromatic rings. The van der Waals surface area contributed by atoms with E-state index in [1.807, 2.05) is 26.0 Å². The van der Waals surface area contributed by atoms with Gasteiger partial charge in [0.1, 0.15) is 11.6 Å². The Hall–Kier alpha value is -2.56. The van der Waals surface area contributed by atoms with Crippen LogP contribution in [0.25, 0.3) is 0 Å². The molecule has 1 aromatic heterocycles. The summed E-state index contributed by atoms with van der Waals surface area (Å²) in [6.07, 6.45) is 0.729. The number of nitrogens with zero attached hydrogens (tertiary/aromatic N) is 1. The number of carbonyl (C=O) groups is 1. The van der Waals surface area contributed by atoms with Crippen molar-refractivity contribution in [3.8, 4) is 5.75 Å². The normalized spacial score (nSPS) is 10.2. The predicted octanol–water partition coefficient (Wildman–Crippen LogP) is 2.80.